The van der Waals surface area contributed by atoms with Crippen LogP contribution in [0, 0.1) is 5.82 Å². The van der Waals surface area contributed by atoms with Crippen LogP contribution < -0.4 is 20.1 Å². The van der Waals surface area contributed by atoms with E-state index < -0.39 is 5.82 Å². The summed E-state index contributed by atoms with van der Waals surface area (Å²) in [4.78, 5) is 11.0. The number of hydrogen-bond acceptors (Lipinski definition) is 7. The van der Waals surface area contributed by atoms with Gasteiger partial charge < -0.3 is 20.1 Å². The van der Waals surface area contributed by atoms with Crippen LogP contribution in [-0.2, 0) is 0 Å². The van der Waals surface area contributed by atoms with E-state index in [1.807, 2.05) is 18.3 Å². The second kappa shape index (κ2) is 11.6. The number of anilines is 2. The fourth-order valence-corrected chi connectivity index (χ4v) is 4.37. The molecule has 0 spiro atoms. The summed E-state index contributed by atoms with van der Waals surface area (Å²) in [7, 11) is 1.59. The molecule has 0 atom stereocenters. The monoisotopic (exact) mass is 529 g/mol. The van der Waals surface area contributed by atoms with Gasteiger partial charge in [-0.1, -0.05) is 23.7 Å². The maximum absolute atomic E-state index is 14.4. The van der Waals surface area contributed by atoms with Crippen LogP contribution in [0.2, 0.25) is 5.02 Å². The summed E-state index contributed by atoms with van der Waals surface area (Å²) < 4.78 is 26.1. The zero-order valence-electron chi connectivity index (χ0n) is 19.6. The van der Waals surface area contributed by atoms with Crippen molar-refractivity contribution < 1.29 is 13.9 Å². The summed E-state index contributed by atoms with van der Waals surface area (Å²) in [5.41, 5.74) is 3.55. The van der Waals surface area contributed by atoms with Crippen LogP contribution in [0.15, 0.2) is 72.4 Å². The number of halogens is 3. The number of nitrogens with one attached hydrogen (secondary N) is 2. The highest BCUT2D eigenvalue weighted by molar-refractivity contribution is 6.31. The van der Waals surface area contributed by atoms with Crippen molar-refractivity contribution in [3.05, 3.63) is 83.2 Å². The Kier molecular flexibility index (Phi) is 8.30. The highest BCUT2D eigenvalue weighted by Crippen LogP contribution is 2.35. The molecule has 7 nitrogen and oxygen atoms in total. The van der Waals surface area contributed by atoms with Crippen LogP contribution >= 0.6 is 24.0 Å². The van der Waals surface area contributed by atoms with Crippen LogP contribution in [0.4, 0.5) is 15.9 Å². The van der Waals surface area contributed by atoms with Gasteiger partial charge in [0.05, 0.1) is 29.9 Å². The van der Waals surface area contributed by atoms with Crippen molar-refractivity contribution in [3.63, 3.8) is 0 Å². The molecule has 1 aromatic heterocycles. The number of allylic oxidation sites excluding steroid dienone is 2. The largest absolute Gasteiger partial charge is 0.493 e. The molecule has 0 aliphatic carbocycles. The van der Waals surface area contributed by atoms with E-state index in [9.17, 15) is 4.39 Å². The van der Waals surface area contributed by atoms with E-state index in [0.717, 1.165) is 26.1 Å². The van der Waals surface area contributed by atoms with E-state index >= 15 is 0 Å². The summed E-state index contributed by atoms with van der Waals surface area (Å²) >= 11 is 5.92. The number of nitrogens with zero attached hydrogens (tertiary/aromatic N) is 3. The second-order valence-electron chi connectivity index (χ2n) is 8.27. The summed E-state index contributed by atoms with van der Waals surface area (Å²) in [5.74, 6) is 1.06. The molecule has 3 heterocycles. The normalized spacial score (nSPS) is 14.8. The van der Waals surface area contributed by atoms with Crippen molar-refractivity contribution >= 4 is 46.4 Å². The average Bonchev–Trinajstić information content (AvgIpc) is 3.12. The van der Waals surface area contributed by atoms with Crippen LogP contribution in [0.1, 0.15) is 6.42 Å². The molecule has 36 heavy (non-hydrogen) atoms. The lowest BCUT2D eigenvalue weighted by Gasteiger charge is -2.16. The van der Waals surface area contributed by atoms with Crippen molar-refractivity contribution in [1.82, 2.24) is 20.2 Å². The molecule has 2 N–H and O–H groups in total. The Hall–Kier alpha value is -3.33. The number of methoxy groups -OCH3 is 1. The van der Waals surface area contributed by atoms with Gasteiger partial charge in [-0.05, 0) is 41.8 Å². The Balaban J connectivity index is 0.00000304. The molecular formula is C26H26Cl2FN5O2. The van der Waals surface area contributed by atoms with E-state index in [2.05, 4.69) is 37.8 Å². The van der Waals surface area contributed by atoms with Crippen molar-refractivity contribution in [2.24, 2.45) is 0 Å². The van der Waals surface area contributed by atoms with Gasteiger partial charge in [-0.15, -0.1) is 12.4 Å². The van der Waals surface area contributed by atoms with Gasteiger partial charge in [-0.25, -0.2) is 14.4 Å². The Morgan fingerprint density at radius 3 is 2.89 bits per heavy atom. The minimum Gasteiger partial charge on any atom is -0.493 e. The minimum atomic E-state index is -0.540. The summed E-state index contributed by atoms with van der Waals surface area (Å²) in [6.45, 7) is 3.29. The molecule has 5 rings (SSSR count). The van der Waals surface area contributed by atoms with Gasteiger partial charge in [0.15, 0.2) is 17.3 Å². The van der Waals surface area contributed by atoms with Gasteiger partial charge in [-0.3, -0.25) is 4.90 Å². The number of ether oxygens (including phenoxy) is 2. The summed E-state index contributed by atoms with van der Waals surface area (Å²) in [6, 6.07) is 8.38. The topological polar surface area (TPSA) is 71.5 Å². The van der Waals surface area contributed by atoms with Crippen LogP contribution in [-0.4, -0.2) is 48.2 Å². The molecule has 2 aliphatic rings. The van der Waals surface area contributed by atoms with Crippen molar-refractivity contribution in [2.45, 2.75) is 6.42 Å². The maximum Gasteiger partial charge on any atom is 0.165 e. The standard InChI is InChI=1S/C26H25ClFN5O2.ClH/c1-34-23-12-22-19(26(31-16-30-22)32-21-7-2-6-20(27)25(21)28)11-24(23)35-10-4-9-33-14-17-5-3-8-29-13-18(17)15-33;/h2-3,5-8,11-13,16,29H,4,9-10,14-15H2,1H3,(H,30,31,32);1H. The van der Waals surface area contributed by atoms with Gasteiger partial charge in [0, 0.05) is 43.5 Å². The predicted octanol–water partition coefficient (Wildman–Crippen LogP) is 5.61. The lowest BCUT2D eigenvalue weighted by Crippen LogP contribution is -2.22. The smallest absolute Gasteiger partial charge is 0.165 e. The molecule has 0 radical (unpaired) electrons. The molecule has 188 valence electrons. The van der Waals surface area contributed by atoms with E-state index in [1.165, 1.54) is 23.5 Å². The highest BCUT2D eigenvalue weighted by Gasteiger charge is 2.21. The van der Waals surface area contributed by atoms with E-state index in [-0.39, 0.29) is 23.1 Å². The third-order valence-electron chi connectivity index (χ3n) is 5.95. The first-order valence-corrected chi connectivity index (χ1v) is 11.7. The van der Waals surface area contributed by atoms with Crippen molar-refractivity contribution in [1.29, 1.82) is 0 Å². The van der Waals surface area contributed by atoms with Gasteiger partial charge in [0.2, 0.25) is 0 Å². The molecule has 2 aromatic carbocycles. The third kappa shape index (κ3) is 5.56. The van der Waals surface area contributed by atoms with Crippen LogP contribution in [0.25, 0.3) is 10.9 Å². The number of aromatic nitrogens is 2. The van der Waals surface area contributed by atoms with Crippen molar-refractivity contribution in [3.8, 4) is 11.5 Å². The molecule has 3 aromatic rings. The molecule has 1 fully saturated rings. The Labute approximate surface area is 220 Å². The minimum absolute atomic E-state index is 0. The first-order chi connectivity index (χ1) is 17.1. The SMILES string of the molecule is COc1cc2ncnc(Nc3cccc(Cl)c3F)c2cc1OCCCN1CC2=CC=CNC=C2C1.Cl. The second-order valence-corrected chi connectivity index (χ2v) is 8.68. The summed E-state index contributed by atoms with van der Waals surface area (Å²) in [6.07, 6.45) is 10.5. The van der Waals surface area contributed by atoms with Gasteiger partial charge in [0.25, 0.3) is 0 Å². The fourth-order valence-electron chi connectivity index (χ4n) is 4.20. The number of benzene rings is 2. The molecule has 0 saturated carbocycles. The Morgan fingerprint density at radius 2 is 2.03 bits per heavy atom. The van der Waals surface area contributed by atoms with Gasteiger partial charge in [-0.2, -0.15) is 0 Å². The zero-order valence-corrected chi connectivity index (χ0v) is 21.2. The number of hydrogen-bond donors (Lipinski definition) is 2. The highest BCUT2D eigenvalue weighted by atomic mass is 35.5. The van der Waals surface area contributed by atoms with Crippen LogP contribution in [0.3, 0.4) is 0 Å². The zero-order chi connectivity index (χ0) is 24.2. The molecular weight excluding hydrogens is 504 g/mol. The molecule has 0 unspecified atom stereocenters. The van der Waals surface area contributed by atoms with Gasteiger partial charge >= 0.3 is 0 Å². The van der Waals surface area contributed by atoms with E-state index in [1.54, 1.807) is 25.3 Å². The number of likely N-dealkylation sites (tertiary alicyclic amines) is 1. The molecule has 0 bridgehead atoms. The lowest BCUT2D eigenvalue weighted by molar-refractivity contribution is 0.258. The predicted molar refractivity (Wildman–Crippen MR) is 143 cm³/mol. The van der Waals surface area contributed by atoms with Crippen LogP contribution in [0.5, 0.6) is 11.5 Å². The average molecular weight is 530 g/mol. The molecule has 1 saturated heterocycles. The Morgan fingerprint density at radius 1 is 1.17 bits per heavy atom. The summed E-state index contributed by atoms with van der Waals surface area (Å²) in [5, 5.41) is 6.91. The first-order valence-electron chi connectivity index (χ1n) is 11.3. The first kappa shape index (κ1) is 25.8. The molecule has 2 aliphatic heterocycles. The molecule has 10 heteroatoms. The Bertz CT molecular complexity index is 1350. The fraction of sp³-hybridized carbons (Fsp3) is 0.231. The lowest BCUT2D eigenvalue weighted by atomic mass is 10.1. The van der Waals surface area contributed by atoms with E-state index in [0.29, 0.717) is 34.8 Å². The van der Waals surface area contributed by atoms with E-state index in [4.69, 9.17) is 21.1 Å². The number of rotatable bonds is 8. The number of fused-ring (bicyclic) bond motifs is 2. The quantitative estimate of drug-likeness (QED) is 0.367. The van der Waals surface area contributed by atoms with Gasteiger partial charge in [0.1, 0.15) is 12.1 Å². The maximum atomic E-state index is 14.4. The third-order valence-corrected chi connectivity index (χ3v) is 6.24. The van der Waals surface area contributed by atoms with Crippen molar-refractivity contribution in [2.75, 3.05) is 38.7 Å². The molecule has 0 amide bonds.